The SMILES string of the molecule is c1ccc(CN[C@H](Cc2c[nH]c3ccccc23)c2nc(-c3ccccc3)c(-c3ccccc3)[nH]2)cc1. The zero-order chi connectivity index (χ0) is 24.2. The number of nitrogens with zero attached hydrogens (tertiary/aromatic N) is 1. The second-order valence-corrected chi connectivity index (χ2v) is 9.06. The van der Waals surface area contributed by atoms with Crippen molar-refractivity contribution in [1.82, 2.24) is 20.3 Å². The third kappa shape index (κ3) is 4.59. The quantitative estimate of drug-likeness (QED) is 0.219. The van der Waals surface area contributed by atoms with Crippen LogP contribution in [0, 0.1) is 0 Å². The Balaban J connectivity index is 1.42. The van der Waals surface area contributed by atoms with E-state index in [1.165, 1.54) is 16.5 Å². The van der Waals surface area contributed by atoms with Crippen molar-refractivity contribution >= 4 is 10.9 Å². The van der Waals surface area contributed by atoms with E-state index in [0.717, 1.165) is 46.8 Å². The van der Waals surface area contributed by atoms with Gasteiger partial charge in [-0.3, -0.25) is 0 Å². The molecule has 2 aromatic heterocycles. The van der Waals surface area contributed by atoms with Crippen molar-refractivity contribution in [3.63, 3.8) is 0 Å². The van der Waals surface area contributed by atoms with Gasteiger partial charge in [0.15, 0.2) is 0 Å². The third-order valence-electron chi connectivity index (χ3n) is 6.66. The highest BCUT2D eigenvalue weighted by Crippen LogP contribution is 2.33. The minimum Gasteiger partial charge on any atom is -0.361 e. The van der Waals surface area contributed by atoms with Gasteiger partial charge in [-0.15, -0.1) is 0 Å². The summed E-state index contributed by atoms with van der Waals surface area (Å²) in [6, 6.07) is 39.9. The van der Waals surface area contributed by atoms with Gasteiger partial charge in [-0.25, -0.2) is 4.98 Å². The molecule has 0 saturated carbocycles. The van der Waals surface area contributed by atoms with Crippen LogP contribution in [0.5, 0.6) is 0 Å². The molecule has 4 nitrogen and oxygen atoms in total. The molecule has 0 bridgehead atoms. The Kier molecular flexibility index (Phi) is 6.17. The first-order chi connectivity index (χ1) is 17.8. The maximum atomic E-state index is 5.20. The fraction of sp³-hybridized carbons (Fsp3) is 0.0938. The second kappa shape index (κ2) is 10.1. The number of hydrogen-bond acceptors (Lipinski definition) is 2. The summed E-state index contributed by atoms with van der Waals surface area (Å²) in [5, 5.41) is 5.04. The normalized spacial score (nSPS) is 12.1. The lowest BCUT2D eigenvalue weighted by Gasteiger charge is -2.17. The minimum absolute atomic E-state index is 0.00402. The monoisotopic (exact) mass is 468 g/mol. The van der Waals surface area contributed by atoms with E-state index in [9.17, 15) is 0 Å². The summed E-state index contributed by atoms with van der Waals surface area (Å²) in [5.74, 6) is 0.939. The van der Waals surface area contributed by atoms with E-state index < -0.39 is 0 Å². The largest absolute Gasteiger partial charge is 0.361 e. The van der Waals surface area contributed by atoms with Crippen LogP contribution in [0.1, 0.15) is 23.0 Å². The van der Waals surface area contributed by atoms with Crippen molar-refractivity contribution in [2.75, 3.05) is 0 Å². The lowest BCUT2D eigenvalue weighted by atomic mass is 10.0. The lowest BCUT2D eigenvalue weighted by molar-refractivity contribution is 0.510. The lowest BCUT2D eigenvalue weighted by Crippen LogP contribution is -2.24. The van der Waals surface area contributed by atoms with E-state index in [1.807, 2.05) is 12.1 Å². The molecule has 3 N–H and O–H groups in total. The van der Waals surface area contributed by atoms with Crippen molar-refractivity contribution in [2.45, 2.75) is 19.0 Å². The summed E-state index contributed by atoms with van der Waals surface area (Å²) in [7, 11) is 0. The van der Waals surface area contributed by atoms with Crippen LogP contribution in [0.25, 0.3) is 33.4 Å². The van der Waals surface area contributed by atoms with Crippen LogP contribution in [-0.2, 0) is 13.0 Å². The van der Waals surface area contributed by atoms with Gasteiger partial charge in [-0.1, -0.05) is 109 Å². The van der Waals surface area contributed by atoms with E-state index in [2.05, 4.69) is 125 Å². The number of fused-ring (bicyclic) bond motifs is 1. The highest BCUT2D eigenvalue weighted by Gasteiger charge is 2.22. The molecule has 0 aliphatic carbocycles. The first kappa shape index (κ1) is 22.1. The summed E-state index contributed by atoms with van der Waals surface area (Å²) in [6.45, 7) is 0.760. The van der Waals surface area contributed by atoms with Gasteiger partial charge in [0, 0.05) is 34.8 Å². The number of benzene rings is 4. The molecule has 6 rings (SSSR count). The number of aromatic nitrogens is 3. The fourth-order valence-electron chi connectivity index (χ4n) is 4.80. The molecule has 0 fully saturated rings. The fourth-order valence-corrected chi connectivity index (χ4v) is 4.80. The Morgan fingerprint density at radius 2 is 1.33 bits per heavy atom. The summed E-state index contributed by atoms with van der Waals surface area (Å²) < 4.78 is 0. The highest BCUT2D eigenvalue weighted by molar-refractivity contribution is 5.83. The molecule has 0 radical (unpaired) electrons. The summed E-state index contributed by atoms with van der Waals surface area (Å²) >= 11 is 0. The molecule has 2 heterocycles. The van der Waals surface area contributed by atoms with Gasteiger partial charge in [0.05, 0.1) is 17.4 Å². The molecule has 4 heteroatoms. The van der Waals surface area contributed by atoms with Crippen LogP contribution in [0.15, 0.2) is 121 Å². The van der Waals surface area contributed by atoms with Crippen LogP contribution < -0.4 is 5.32 Å². The molecule has 36 heavy (non-hydrogen) atoms. The summed E-state index contributed by atoms with van der Waals surface area (Å²) in [5.41, 5.74) is 7.93. The Labute approximate surface area is 211 Å². The van der Waals surface area contributed by atoms with E-state index in [0.29, 0.717) is 0 Å². The van der Waals surface area contributed by atoms with E-state index >= 15 is 0 Å². The Hall–Kier alpha value is -4.41. The molecule has 0 amide bonds. The van der Waals surface area contributed by atoms with E-state index in [-0.39, 0.29) is 6.04 Å². The maximum absolute atomic E-state index is 5.20. The standard InChI is InChI=1S/C32H28N4/c1-4-12-23(13-5-1)21-33-29(20-26-22-34-28-19-11-10-18-27(26)28)32-35-30(24-14-6-2-7-15-24)31(36-32)25-16-8-3-9-17-25/h1-19,22,29,33-34H,20-21H2,(H,35,36)/t29-/m1/s1. The molecule has 1 atom stereocenters. The number of aromatic amines is 2. The molecular weight excluding hydrogens is 440 g/mol. The van der Waals surface area contributed by atoms with E-state index in [1.54, 1.807) is 0 Å². The van der Waals surface area contributed by atoms with Gasteiger partial charge in [-0.2, -0.15) is 0 Å². The van der Waals surface area contributed by atoms with Gasteiger partial charge in [0.1, 0.15) is 5.82 Å². The highest BCUT2D eigenvalue weighted by atomic mass is 15.0. The average molecular weight is 469 g/mol. The third-order valence-corrected chi connectivity index (χ3v) is 6.66. The first-order valence-corrected chi connectivity index (χ1v) is 12.4. The number of para-hydroxylation sites is 1. The van der Waals surface area contributed by atoms with Crippen molar-refractivity contribution in [2.24, 2.45) is 0 Å². The molecule has 4 aromatic carbocycles. The van der Waals surface area contributed by atoms with Gasteiger partial charge >= 0.3 is 0 Å². The maximum Gasteiger partial charge on any atom is 0.124 e. The molecule has 0 unspecified atom stereocenters. The average Bonchev–Trinajstić information content (AvgIpc) is 3.58. The Bertz CT molecular complexity index is 1490. The van der Waals surface area contributed by atoms with Crippen molar-refractivity contribution in [3.8, 4) is 22.5 Å². The van der Waals surface area contributed by atoms with Gasteiger partial charge < -0.3 is 15.3 Å². The minimum atomic E-state index is 0.00402. The van der Waals surface area contributed by atoms with Gasteiger partial charge in [0.2, 0.25) is 0 Å². The van der Waals surface area contributed by atoms with Crippen molar-refractivity contribution < 1.29 is 0 Å². The van der Waals surface area contributed by atoms with E-state index in [4.69, 9.17) is 4.98 Å². The predicted octanol–water partition coefficient (Wildman–Crippen LogP) is 7.30. The first-order valence-electron chi connectivity index (χ1n) is 12.4. The molecule has 0 saturated heterocycles. The number of H-pyrrole nitrogens is 2. The number of rotatable bonds is 8. The molecule has 176 valence electrons. The van der Waals surface area contributed by atoms with Crippen molar-refractivity contribution in [1.29, 1.82) is 0 Å². The smallest absolute Gasteiger partial charge is 0.124 e. The number of imidazole rings is 1. The predicted molar refractivity (Wildman–Crippen MR) is 147 cm³/mol. The molecular formula is C32H28N4. The van der Waals surface area contributed by atoms with Crippen LogP contribution in [-0.4, -0.2) is 15.0 Å². The topological polar surface area (TPSA) is 56.5 Å². The van der Waals surface area contributed by atoms with Crippen LogP contribution in [0.4, 0.5) is 0 Å². The second-order valence-electron chi connectivity index (χ2n) is 9.06. The number of hydrogen-bond donors (Lipinski definition) is 3. The van der Waals surface area contributed by atoms with Gasteiger partial charge in [-0.05, 0) is 23.6 Å². The number of nitrogens with one attached hydrogen (secondary N) is 3. The summed E-state index contributed by atoms with van der Waals surface area (Å²) in [6.07, 6.45) is 2.94. The molecule has 6 aromatic rings. The van der Waals surface area contributed by atoms with Crippen molar-refractivity contribution in [3.05, 3.63) is 138 Å². The molecule has 0 spiro atoms. The molecule has 0 aliphatic rings. The van der Waals surface area contributed by atoms with Crippen LogP contribution >= 0.6 is 0 Å². The summed E-state index contributed by atoms with van der Waals surface area (Å²) in [4.78, 5) is 12.3. The van der Waals surface area contributed by atoms with Crippen LogP contribution in [0.2, 0.25) is 0 Å². The zero-order valence-electron chi connectivity index (χ0n) is 20.0. The Morgan fingerprint density at radius 1 is 0.694 bits per heavy atom. The van der Waals surface area contributed by atoms with Gasteiger partial charge in [0.25, 0.3) is 0 Å². The zero-order valence-corrected chi connectivity index (χ0v) is 20.0. The Morgan fingerprint density at radius 3 is 2.08 bits per heavy atom. The van der Waals surface area contributed by atoms with Crippen LogP contribution in [0.3, 0.4) is 0 Å². The molecule has 0 aliphatic heterocycles.